The minimum absolute atomic E-state index is 0.0154. The van der Waals surface area contributed by atoms with Crippen LogP contribution in [0, 0.1) is 0 Å². The van der Waals surface area contributed by atoms with Gasteiger partial charge in [0.1, 0.15) is 5.72 Å². The van der Waals surface area contributed by atoms with Gasteiger partial charge in [0.05, 0.1) is 25.1 Å². The fraction of sp³-hybridized carbons (Fsp3) is 0.321. The summed E-state index contributed by atoms with van der Waals surface area (Å²) in [6.07, 6.45) is 2.31. The lowest BCUT2D eigenvalue weighted by Gasteiger charge is -2.39. The van der Waals surface area contributed by atoms with Gasteiger partial charge >= 0.3 is 11.9 Å². The number of rotatable bonds is 10. The van der Waals surface area contributed by atoms with Crippen molar-refractivity contribution in [1.82, 2.24) is 20.4 Å². The second-order valence-corrected chi connectivity index (χ2v) is 11.7. The van der Waals surface area contributed by atoms with Gasteiger partial charge in [-0.2, -0.15) is 0 Å². The maximum absolute atomic E-state index is 11.0. The van der Waals surface area contributed by atoms with Gasteiger partial charge in [0.2, 0.25) is 5.76 Å². The van der Waals surface area contributed by atoms with Crippen molar-refractivity contribution in [3.05, 3.63) is 60.3 Å². The van der Waals surface area contributed by atoms with Crippen molar-refractivity contribution in [1.29, 1.82) is 0 Å². The van der Waals surface area contributed by atoms with E-state index < -0.39 is 22.6 Å². The van der Waals surface area contributed by atoms with E-state index in [0.29, 0.717) is 43.7 Å². The van der Waals surface area contributed by atoms with Gasteiger partial charge in [-0.3, -0.25) is 5.32 Å². The third-order valence-corrected chi connectivity index (χ3v) is 8.53. The third-order valence-electron chi connectivity index (χ3n) is 7.18. The molecule has 0 spiro atoms. The largest absolute Gasteiger partial charge is 0.503 e. The number of thioether (sulfide) groups is 1. The molecular weight excluding hydrogens is 614 g/mol. The first-order chi connectivity index (χ1) is 21.1. The molecule has 1 saturated heterocycles. The zero-order valence-electron chi connectivity index (χ0n) is 23.4. The van der Waals surface area contributed by atoms with Crippen LogP contribution in [0.25, 0.3) is 34.0 Å². The number of aromatic nitrogens is 3. The van der Waals surface area contributed by atoms with E-state index in [4.69, 9.17) is 15.0 Å². The van der Waals surface area contributed by atoms with E-state index in [1.54, 1.807) is 12.1 Å². The number of ether oxygens (including phenoxy) is 1. The van der Waals surface area contributed by atoms with Crippen molar-refractivity contribution in [3.8, 4) is 39.7 Å². The zero-order chi connectivity index (χ0) is 32.6. The van der Waals surface area contributed by atoms with Gasteiger partial charge in [-0.15, -0.1) is 0 Å². The van der Waals surface area contributed by atoms with Gasteiger partial charge in [0.15, 0.2) is 23.0 Å². The summed E-state index contributed by atoms with van der Waals surface area (Å²) in [4.78, 5) is 4.84. The molecule has 1 aliphatic heterocycles. The Balaban J connectivity index is 1.34. The van der Waals surface area contributed by atoms with E-state index >= 15 is 0 Å². The topological polar surface area (TPSA) is 281 Å². The molecule has 2 aromatic carbocycles. The Morgan fingerprint density at radius 1 is 0.867 bits per heavy atom. The summed E-state index contributed by atoms with van der Waals surface area (Å²) in [6, 6.07) is 12.5. The summed E-state index contributed by atoms with van der Waals surface area (Å²) in [6.45, 7) is 1.38. The zero-order valence-corrected chi connectivity index (χ0v) is 24.2. The summed E-state index contributed by atoms with van der Waals surface area (Å²) in [7, 11) is 0. The fourth-order valence-corrected chi connectivity index (χ4v) is 5.38. The Hall–Kier alpha value is -3.72. The molecule has 0 unspecified atom stereocenters. The summed E-state index contributed by atoms with van der Waals surface area (Å²) < 4.78 is 10.7. The molecule has 240 valence electrons. The maximum Gasteiger partial charge on any atom is 0.325 e. The summed E-state index contributed by atoms with van der Waals surface area (Å²) in [5, 5.41) is 95.3. The number of nitrogens with two attached hydrogens (primary N) is 1. The van der Waals surface area contributed by atoms with Crippen LogP contribution in [-0.4, -0.2) is 96.9 Å². The summed E-state index contributed by atoms with van der Waals surface area (Å²) in [5.74, 6) is -8.77. The average Bonchev–Trinajstić information content (AvgIpc) is 3.37. The number of hydrogen-bond donors (Lipinski definition) is 11. The van der Waals surface area contributed by atoms with Crippen LogP contribution in [-0.2, 0) is 11.3 Å². The van der Waals surface area contributed by atoms with Crippen molar-refractivity contribution in [3.63, 3.8) is 0 Å². The Morgan fingerprint density at radius 3 is 2.07 bits per heavy atom. The molecule has 12 N–H and O–H groups in total. The summed E-state index contributed by atoms with van der Waals surface area (Å²) >= 11 is -0.0524. The highest BCUT2D eigenvalue weighted by Gasteiger charge is 2.63. The van der Waals surface area contributed by atoms with Crippen LogP contribution in [0.4, 0.5) is 5.82 Å². The predicted octanol–water partition coefficient (Wildman–Crippen LogP) is -0.616. The Bertz CT molecular complexity index is 1620. The molecule has 0 amide bonds. The number of aromatic hydroxyl groups is 1. The van der Waals surface area contributed by atoms with Crippen molar-refractivity contribution in [2.45, 2.75) is 46.9 Å². The number of aliphatic hydroxyl groups is 8. The first-order valence-electron chi connectivity index (χ1n) is 13.4. The van der Waals surface area contributed by atoms with E-state index in [1.165, 1.54) is 30.5 Å². The van der Waals surface area contributed by atoms with E-state index in [-0.39, 0.29) is 51.1 Å². The second-order valence-electron chi connectivity index (χ2n) is 10.4. The highest BCUT2D eigenvalue weighted by atomic mass is 32.2. The van der Waals surface area contributed by atoms with Gasteiger partial charge in [0.25, 0.3) is 4.93 Å². The SMILES string of the molecule is Nc1ncc(-c2ccc(SC(O)(C(O)(O)O)C(O)(O)O)cc2)nc1-c1onc(-c2ccc(CNC3(O)CCOCC3)cc2)c1O. The Labute approximate surface area is 259 Å². The molecule has 0 saturated carbocycles. The number of anilines is 1. The average molecular weight is 646 g/mol. The van der Waals surface area contributed by atoms with Crippen LogP contribution < -0.4 is 11.1 Å². The van der Waals surface area contributed by atoms with Gasteiger partial charge in [-0.1, -0.05) is 53.3 Å². The van der Waals surface area contributed by atoms with Crippen LogP contribution in [0.3, 0.4) is 0 Å². The molecule has 5 rings (SSSR count). The smallest absolute Gasteiger partial charge is 0.325 e. The maximum atomic E-state index is 11.0. The molecule has 0 radical (unpaired) electrons. The molecule has 17 heteroatoms. The first-order valence-corrected chi connectivity index (χ1v) is 14.2. The first kappa shape index (κ1) is 32.7. The summed E-state index contributed by atoms with van der Waals surface area (Å²) in [5.41, 5.74) is 7.26. The van der Waals surface area contributed by atoms with E-state index in [1.807, 2.05) is 12.1 Å². The molecular formula is C28H31N5O11S. The van der Waals surface area contributed by atoms with Crippen molar-refractivity contribution in [2.75, 3.05) is 18.9 Å². The predicted molar refractivity (Wildman–Crippen MR) is 156 cm³/mol. The Morgan fingerprint density at radius 2 is 1.47 bits per heavy atom. The molecule has 45 heavy (non-hydrogen) atoms. The molecule has 0 atom stereocenters. The lowest BCUT2D eigenvalue weighted by molar-refractivity contribution is -0.464. The number of nitrogens with zero attached hydrogens (tertiary/aromatic N) is 3. The molecule has 0 aliphatic carbocycles. The quantitative estimate of drug-likeness (QED) is 0.0757. The molecule has 4 aromatic rings. The standard InChI is InChI=1S/C28H31N5O11S/c29-24-21(32-19(14-30-24)16-5-7-18(8-6-16)45-26(36,27(37,38)39)28(40,41)42)23-22(34)20(33-44-23)17-3-1-15(2-4-17)13-31-25(35)9-11-43-12-10-25/h1-8,14,31,34-42H,9-13H2,(H2,29,30). The van der Waals surface area contributed by atoms with E-state index in [2.05, 4.69) is 20.4 Å². The van der Waals surface area contributed by atoms with E-state index in [9.17, 15) is 46.0 Å². The van der Waals surface area contributed by atoms with Gasteiger partial charge in [-0.25, -0.2) is 9.97 Å². The second kappa shape index (κ2) is 12.2. The monoisotopic (exact) mass is 645 g/mol. The van der Waals surface area contributed by atoms with Crippen LogP contribution in [0.15, 0.2) is 64.1 Å². The van der Waals surface area contributed by atoms with Gasteiger partial charge in [0, 0.05) is 35.4 Å². The molecule has 1 fully saturated rings. The number of nitrogens with one attached hydrogen (secondary N) is 1. The van der Waals surface area contributed by atoms with Crippen LogP contribution in [0.2, 0.25) is 0 Å². The number of hydrogen-bond acceptors (Lipinski definition) is 17. The molecule has 1 aliphatic rings. The Kier molecular flexibility index (Phi) is 8.88. The highest BCUT2D eigenvalue weighted by molar-refractivity contribution is 8.00. The molecule has 0 bridgehead atoms. The third kappa shape index (κ3) is 6.78. The van der Waals surface area contributed by atoms with Crippen molar-refractivity contribution in [2.24, 2.45) is 0 Å². The van der Waals surface area contributed by atoms with Gasteiger partial charge in [-0.05, 0) is 17.7 Å². The lowest BCUT2D eigenvalue weighted by Crippen LogP contribution is -2.66. The molecule has 3 heterocycles. The molecule has 16 nitrogen and oxygen atoms in total. The van der Waals surface area contributed by atoms with Crippen molar-refractivity contribution < 1.29 is 55.2 Å². The van der Waals surface area contributed by atoms with Crippen LogP contribution in [0.5, 0.6) is 5.75 Å². The lowest BCUT2D eigenvalue weighted by atomic mass is 10.0. The van der Waals surface area contributed by atoms with Crippen LogP contribution >= 0.6 is 11.8 Å². The molecule has 2 aromatic heterocycles. The minimum Gasteiger partial charge on any atom is -0.503 e. The number of benzene rings is 2. The highest BCUT2D eigenvalue weighted by Crippen LogP contribution is 2.43. The fourth-order valence-electron chi connectivity index (χ4n) is 4.49. The van der Waals surface area contributed by atoms with E-state index in [0.717, 1.165) is 5.56 Å². The minimum atomic E-state index is -4.11. The van der Waals surface area contributed by atoms with Crippen molar-refractivity contribution >= 4 is 17.6 Å². The number of nitrogen functional groups attached to an aromatic ring is 1. The van der Waals surface area contributed by atoms with Crippen LogP contribution in [0.1, 0.15) is 18.4 Å². The normalized spacial score (nSPS) is 15.7. The van der Waals surface area contributed by atoms with Gasteiger partial charge < -0.3 is 61.0 Å².